The number of benzene rings is 2. The van der Waals surface area contributed by atoms with Crippen LogP contribution in [0.25, 0.3) is 0 Å². The van der Waals surface area contributed by atoms with E-state index in [9.17, 15) is 4.79 Å². The zero-order valence-electron chi connectivity index (χ0n) is 25.6. The summed E-state index contributed by atoms with van der Waals surface area (Å²) < 4.78 is 12.8. The number of nitrogens with zero attached hydrogens (tertiary/aromatic N) is 1. The zero-order valence-corrected chi connectivity index (χ0v) is 25.6. The van der Waals surface area contributed by atoms with Crippen LogP contribution in [0.15, 0.2) is 54.6 Å². The van der Waals surface area contributed by atoms with Crippen molar-refractivity contribution >= 4 is 5.97 Å². The van der Waals surface area contributed by atoms with Gasteiger partial charge in [0.05, 0.1) is 20.6 Å². The topological polar surface area (TPSA) is 35.5 Å². The van der Waals surface area contributed by atoms with Crippen LogP contribution in [0.1, 0.15) is 103 Å². The summed E-state index contributed by atoms with van der Waals surface area (Å²) >= 11 is 0. The number of unbranched alkanes of at least 4 members (excludes halogenated alkanes) is 9. The first-order valence-electron chi connectivity index (χ1n) is 15.6. The van der Waals surface area contributed by atoms with E-state index >= 15 is 0 Å². The Bertz CT molecular complexity index is 911. The smallest absolute Gasteiger partial charge is 0.314 e. The number of rotatable bonds is 21. The van der Waals surface area contributed by atoms with Gasteiger partial charge in [0.25, 0.3) is 0 Å². The maximum Gasteiger partial charge on any atom is 0.314 e. The van der Waals surface area contributed by atoms with Gasteiger partial charge in [0.2, 0.25) is 0 Å². The lowest BCUT2D eigenvalue weighted by atomic mass is 10.0. The largest absolute Gasteiger partial charge is 0.487 e. The first kappa shape index (κ1) is 32.9. The molecule has 2 unspecified atom stereocenters. The fourth-order valence-electron chi connectivity index (χ4n) is 5.31. The van der Waals surface area contributed by atoms with E-state index in [4.69, 9.17) is 9.47 Å². The Labute approximate surface area is 239 Å². The van der Waals surface area contributed by atoms with Crippen LogP contribution in [-0.4, -0.2) is 43.8 Å². The summed E-state index contributed by atoms with van der Waals surface area (Å²) in [6.07, 6.45) is 15.0. The maximum absolute atomic E-state index is 13.0. The molecule has 0 N–H and O–H groups in total. The van der Waals surface area contributed by atoms with E-state index in [-0.39, 0.29) is 24.6 Å². The van der Waals surface area contributed by atoms with Gasteiger partial charge < -0.3 is 14.0 Å². The molecule has 0 saturated carbocycles. The van der Waals surface area contributed by atoms with Crippen LogP contribution >= 0.6 is 0 Å². The average molecular weight is 539 g/mol. The van der Waals surface area contributed by atoms with Crippen molar-refractivity contribution < 1.29 is 18.8 Å². The molecule has 0 saturated heterocycles. The molecule has 2 aromatic rings. The van der Waals surface area contributed by atoms with Gasteiger partial charge in [0.1, 0.15) is 30.9 Å². The molecule has 218 valence electrons. The second kappa shape index (κ2) is 18.9. The van der Waals surface area contributed by atoms with E-state index in [1.165, 1.54) is 75.3 Å². The maximum atomic E-state index is 13.0. The molecule has 4 nitrogen and oxygen atoms in total. The molecule has 2 rings (SSSR count). The number of para-hydroxylation sites is 1. The number of carbonyl (C=O) groups is 1. The number of aryl methyl sites for hydroxylation is 1. The molecule has 39 heavy (non-hydrogen) atoms. The van der Waals surface area contributed by atoms with Crippen LogP contribution in [0.5, 0.6) is 5.75 Å². The average Bonchev–Trinajstić information content (AvgIpc) is 2.92. The van der Waals surface area contributed by atoms with Gasteiger partial charge in [-0.25, -0.2) is 0 Å². The van der Waals surface area contributed by atoms with Crippen molar-refractivity contribution in [3.8, 4) is 5.75 Å². The summed E-state index contributed by atoms with van der Waals surface area (Å²) in [5.41, 5.74) is 2.53. The fourth-order valence-corrected chi connectivity index (χ4v) is 5.31. The molecule has 2 atom stereocenters. The second-order valence-electron chi connectivity index (χ2n) is 12.0. The lowest BCUT2D eigenvalue weighted by Gasteiger charge is -2.32. The minimum absolute atomic E-state index is 0.120. The van der Waals surface area contributed by atoms with Crippen molar-refractivity contribution in [3.63, 3.8) is 0 Å². The third-order valence-corrected chi connectivity index (χ3v) is 7.55. The van der Waals surface area contributed by atoms with Gasteiger partial charge in [-0.1, -0.05) is 120 Å². The summed E-state index contributed by atoms with van der Waals surface area (Å²) in [4.78, 5) is 13.0. The van der Waals surface area contributed by atoms with Gasteiger partial charge in [-0.05, 0) is 37.8 Å². The van der Waals surface area contributed by atoms with Gasteiger partial charge in [-0.15, -0.1) is 0 Å². The summed E-state index contributed by atoms with van der Waals surface area (Å²) in [6, 6.07) is 18.8. The lowest BCUT2D eigenvalue weighted by molar-refractivity contribution is -0.906. The van der Waals surface area contributed by atoms with Crippen LogP contribution in [0.4, 0.5) is 0 Å². The highest BCUT2D eigenvalue weighted by Gasteiger charge is 2.28. The molecule has 0 amide bonds. The predicted octanol–water partition coefficient (Wildman–Crippen LogP) is 8.76. The molecule has 0 fully saturated rings. The Morgan fingerprint density at radius 3 is 2.03 bits per heavy atom. The minimum atomic E-state index is -0.188. The van der Waals surface area contributed by atoms with Crippen LogP contribution < -0.4 is 4.74 Å². The molecule has 0 radical (unpaired) electrons. The summed E-state index contributed by atoms with van der Waals surface area (Å²) in [7, 11) is 4.36. The van der Waals surface area contributed by atoms with E-state index < -0.39 is 0 Å². The quantitative estimate of drug-likeness (QED) is 0.0905. The molecule has 0 aliphatic rings. The number of esters is 1. The van der Waals surface area contributed by atoms with Gasteiger partial charge >= 0.3 is 5.97 Å². The van der Waals surface area contributed by atoms with E-state index in [1.54, 1.807) is 0 Å². The Morgan fingerprint density at radius 1 is 0.795 bits per heavy atom. The molecular formula is C35H56NO3+. The van der Waals surface area contributed by atoms with Crippen molar-refractivity contribution in [3.05, 3.63) is 65.7 Å². The summed E-state index contributed by atoms with van der Waals surface area (Å²) in [5, 5.41) is 0. The van der Waals surface area contributed by atoms with Gasteiger partial charge in [-0.2, -0.15) is 0 Å². The SMILES string of the molecule is CCCCCCCCCCCCc1ccccc1OC(C)COC(=O)C(CC)C[N+](C)(C)Cc1ccccc1. The highest BCUT2D eigenvalue weighted by atomic mass is 16.6. The van der Waals surface area contributed by atoms with E-state index in [2.05, 4.69) is 64.3 Å². The third-order valence-electron chi connectivity index (χ3n) is 7.55. The first-order valence-corrected chi connectivity index (χ1v) is 15.6. The van der Waals surface area contributed by atoms with Crippen LogP contribution in [0.3, 0.4) is 0 Å². The molecule has 0 bridgehead atoms. The lowest BCUT2D eigenvalue weighted by Crippen LogP contribution is -2.45. The number of quaternary nitrogens is 1. The van der Waals surface area contributed by atoms with E-state index in [0.717, 1.165) is 36.2 Å². The normalized spacial score (nSPS) is 13.2. The highest BCUT2D eigenvalue weighted by molar-refractivity contribution is 5.72. The number of hydrogen-bond acceptors (Lipinski definition) is 3. The van der Waals surface area contributed by atoms with E-state index in [0.29, 0.717) is 0 Å². The summed E-state index contributed by atoms with van der Waals surface area (Å²) in [5.74, 6) is 0.676. The van der Waals surface area contributed by atoms with Crippen molar-refractivity contribution in [2.75, 3.05) is 27.2 Å². The van der Waals surface area contributed by atoms with Gasteiger partial charge in [0.15, 0.2) is 0 Å². The standard InChI is InChI=1S/C35H56NO3/c1-6-8-9-10-11-12-13-14-15-19-24-33-25-20-21-26-34(33)39-30(3)29-38-35(37)32(7-2)28-36(4,5)27-31-22-17-16-18-23-31/h16-18,20-23,25-26,30,32H,6-15,19,24,27-29H2,1-5H3/q+1. The molecule has 2 aromatic carbocycles. The first-order chi connectivity index (χ1) is 18.8. The Balaban J connectivity index is 1.72. The molecule has 4 heteroatoms. The van der Waals surface area contributed by atoms with Crippen LogP contribution in [0.2, 0.25) is 0 Å². The Hall–Kier alpha value is -2.33. The fraction of sp³-hybridized carbons (Fsp3) is 0.629. The Morgan fingerprint density at radius 2 is 1.38 bits per heavy atom. The Kier molecular flexibility index (Phi) is 15.9. The molecule has 0 aliphatic heterocycles. The number of hydrogen-bond donors (Lipinski definition) is 0. The molecule has 0 heterocycles. The van der Waals surface area contributed by atoms with Crippen LogP contribution in [-0.2, 0) is 22.5 Å². The monoisotopic (exact) mass is 538 g/mol. The van der Waals surface area contributed by atoms with Crippen molar-refractivity contribution in [1.29, 1.82) is 0 Å². The van der Waals surface area contributed by atoms with Gasteiger partial charge in [0, 0.05) is 5.56 Å². The van der Waals surface area contributed by atoms with Gasteiger partial charge in [-0.3, -0.25) is 4.79 Å². The zero-order chi connectivity index (χ0) is 28.3. The number of carbonyl (C=O) groups excluding carboxylic acids is 1. The summed E-state index contributed by atoms with van der Waals surface area (Å²) in [6.45, 7) is 8.24. The van der Waals surface area contributed by atoms with Crippen molar-refractivity contribution in [1.82, 2.24) is 0 Å². The third kappa shape index (κ3) is 14.0. The molecule has 0 aliphatic carbocycles. The van der Waals surface area contributed by atoms with E-state index in [1.807, 2.05) is 25.1 Å². The predicted molar refractivity (Wildman–Crippen MR) is 164 cm³/mol. The highest BCUT2D eigenvalue weighted by Crippen LogP contribution is 2.23. The molecule has 0 spiro atoms. The second-order valence-corrected chi connectivity index (χ2v) is 12.0. The van der Waals surface area contributed by atoms with Crippen molar-refractivity contribution in [2.45, 2.75) is 110 Å². The molecular weight excluding hydrogens is 482 g/mol. The molecule has 0 aromatic heterocycles. The minimum Gasteiger partial charge on any atom is -0.487 e. The van der Waals surface area contributed by atoms with Crippen LogP contribution in [0, 0.1) is 5.92 Å². The van der Waals surface area contributed by atoms with Crippen molar-refractivity contribution in [2.24, 2.45) is 5.92 Å². The number of ether oxygens (including phenoxy) is 2.